The van der Waals surface area contributed by atoms with Crippen LogP contribution in [-0.2, 0) is 9.53 Å². The maximum absolute atomic E-state index is 11.9. The third-order valence-corrected chi connectivity index (χ3v) is 3.30. The summed E-state index contributed by atoms with van der Waals surface area (Å²) in [6.07, 6.45) is 2.80. The zero-order valence-corrected chi connectivity index (χ0v) is 10.3. The molecule has 88 valence electrons. The molecule has 0 spiro atoms. The Morgan fingerprint density at radius 1 is 1.60 bits per heavy atom. The summed E-state index contributed by atoms with van der Waals surface area (Å²) in [5.74, 6) is 0.0707. The van der Waals surface area contributed by atoms with Gasteiger partial charge in [-0.15, -0.1) is 11.6 Å². The lowest BCUT2D eigenvalue weighted by Gasteiger charge is -2.26. The number of hydrogen-bond donors (Lipinski definition) is 0. The van der Waals surface area contributed by atoms with Crippen molar-refractivity contribution in [3.63, 3.8) is 0 Å². The fourth-order valence-electron chi connectivity index (χ4n) is 1.91. The van der Waals surface area contributed by atoms with Gasteiger partial charge in [-0.05, 0) is 26.2 Å². The van der Waals surface area contributed by atoms with Crippen LogP contribution >= 0.6 is 11.6 Å². The Morgan fingerprint density at radius 2 is 2.33 bits per heavy atom. The monoisotopic (exact) mass is 233 g/mol. The average Bonchev–Trinajstić information content (AvgIpc) is 2.72. The summed E-state index contributed by atoms with van der Waals surface area (Å²) in [4.78, 5) is 13.8. The number of amides is 1. The van der Waals surface area contributed by atoms with Crippen molar-refractivity contribution in [2.75, 3.05) is 19.8 Å². The van der Waals surface area contributed by atoms with E-state index in [1.165, 1.54) is 0 Å². The first kappa shape index (κ1) is 12.8. The highest BCUT2D eigenvalue weighted by atomic mass is 35.5. The third kappa shape index (κ3) is 3.35. The second-order valence-corrected chi connectivity index (χ2v) is 4.39. The Morgan fingerprint density at radius 3 is 2.93 bits per heavy atom. The van der Waals surface area contributed by atoms with E-state index in [4.69, 9.17) is 16.3 Å². The second-order valence-electron chi connectivity index (χ2n) is 3.86. The van der Waals surface area contributed by atoms with Crippen LogP contribution in [0.25, 0.3) is 0 Å². The first-order chi connectivity index (χ1) is 7.20. The predicted molar refractivity (Wildman–Crippen MR) is 61.2 cm³/mol. The summed E-state index contributed by atoms with van der Waals surface area (Å²) in [5.41, 5.74) is 0. The van der Waals surface area contributed by atoms with Crippen molar-refractivity contribution < 1.29 is 9.53 Å². The summed E-state index contributed by atoms with van der Waals surface area (Å²) < 4.78 is 5.37. The Labute approximate surface area is 96.7 Å². The quantitative estimate of drug-likeness (QED) is 0.680. The van der Waals surface area contributed by atoms with Crippen LogP contribution < -0.4 is 0 Å². The highest BCUT2D eigenvalue weighted by Crippen LogP contribution is 2.20. The topological polar surface area (TPSA) is 29.5 Å². The molecule has 1 aliphatic rings. The van der Waals surface area contributed by atoms with Gasteiger partial charge < -0.3 is 9.64 Å². The first-order valence-corrected chi connectivity index (χ1v) is 6.16. The molecular weight excluding hydrogens is 214 g/mol. The molecular formula is C11H20ClNO2. The van der Waals surface area contributed by atoms with Gasteiger partial charge >= 0.3 is 0 Å². The molecule has 4 heteroatoms. The molecule has 1 amide bonds. The number of halogens is 1. The molecule has 1 saturated heterocycles. The van der Waals surface area contributed by atoms with Crippen molar-refractivity contribution in [2.24, 2.45) is 0 Å². The molecule has 1 fully saturated rings. The number of alkyl halides is 1. The highest BCUT2D eigenvalue weighted by Gasteiger charge is 2.31. The van der Waals surface area contributed by atoms with E-state index in [-0.39, 0.29) is 17.3 Å². The fraction of sp³-hybridized carbons (Fsp3) is 0.909. The minimum absolute atomic E-state index is 0.0707. The zero-order valence-electron chi connectivity index (χ0n) is 9.54. The van der Waals surface area contributed by atoms with Crippen LogP contribution in [0.2, 0.25) is 0 Å². The van der Waals surface area contributed by atoms with Crippen molar-refractivity contribution in [3.8, 4) is 0 Å². The second kappa shape index (κ2) is 6.33. The van der Waals surface area contributed by atoms with Gasteiger partial charge in [-0.3, -0.25) is 4.79 Å². The third-order valence-electron chi connectivity index (χ3n) is 2.80. The molecule has 0 saturated carbocycles. The maximum Gasteiger partial charge on any atom is 0.240 e. The Bertz CT molecular complexity index is 211. The minimum atomic E-state index is -0.368. The number of rotatable bonds is 5. The summed E-state index contributed by atoms with van der Waals surface area (Å²) in [6.45, 7) is 6.09. The molecule has 3 nitrogen and oxygen atoms in total. The van der Waals surface area contributed by atoms with Gasteiger partial charge in [0.25, 0.3) is 0 Å². The van der Waals surface area contributed by atoms with Crippen LogP contribution in [0.4, 0.5) is 0 Å². The molecule has 1 aliphatic heterocycles. The first-order valence-electron chi connectivity index (χ1n) is 5.73. The molecule has 0 N–H and O–H groups in total. The molecule has 1 heterocycles. The molecule has 0 bridgehead atoms. The number of hydrogen-bond acceptors (Lipinski definition) is 2. The molecule has 0 aromatic carbocycles. The van der Waals surface area contributed by atoms with Crippen LogP contribution in [0.5, 0.6) is 0 Å². The van der Waals surface area contributed by atoms with Crippen molar-refractivity contribution in [3.05, 3.63) is 0 Å². The molecule has 15 heavy (non-hydrogen) atoms. The number of ether oxygens (including phenoxy) is 1. The van der Waals surface area contributed by atoms with E-state index >= 15 is 0 Å². The van der Waals surface area contributed by atoms with Gasteiger partial charge in [-0.2, -0.15) is 0 Å². The van der Waals surface area contributed by atoms with E-state index < -0.39 is 0 Å². The van der Waals surface area contributed by atoms with Gasteiger partial charge in [0.2, 0.25) is 5.91 Å². The smallest absolute Gasteiger partial charge is 0.240 e. The van der Waals surface area contributed by atoms with Gasteiger partial charge in [0.15, 0.2) is 0 Å². The van der Waals surface area contributed by atoms with Crippen molar-refractivity contribution >= 4 is 17.5 Å². The van der Waals surface area contributed by atoms with Crippen LogP contribution in [-0.4, -0.2) is 42.0 Å². The van der Waals surface area contributed by atoms with Gasteiger partial charge in [0, 0.05) is 13.2 Å². The Balaban J connectivity index is 2.48. The SMILES string of the molecule is CCOCC1CCCN1C(=O)C(Cl)CC. The van der Waals surface area contributed by atoms with Crippen molar-refractivity contribution in [2.45, 2.75) is 44.5 Å². The van der Waals surface area contributed by atoms with Crippen molar-refractivity contribution in [1.29, 1.82) is 0 Å². The van der Waals surface area contributed by atoms with Crippen LogP contribution in [0.3, 0.4) is 0 Å². The lowest BCUT2D eigenvalue weighted by molar-refractivity contribution is -0.132. The van der Waals surface area contributed by atoms with E-state index in [0.29, 0.717) is 19.6 Å². The Kier molecular flexibility index (Phi) is 5.40. The summed E-state index contributed by atoms with van der Waals surface area (Å²) in [6, 6.07) is 0.241. The number of nitrogens with zero attached hydrogens (tertiary/aromatic N) is 1. The van der Waals surface area contributed by atoms with Crippen molar-refractivity contribution in [1.82, 2.24) is 4.90 Å². The molecule has 2 unspecified atom stereocenters. The molecule has 0 aromatic rings. The maximum atomic E-state index is 11.9. The molecule has 0 aliphatic carbocycles. The van der Waals surface area contributed by atoms with Crippen LogP contribution in [0.15, 0.2) is 0 Å². The highest BCUT2D eigenvalue weighted by molar-refractivity contribution is 6.30. The molecule has 1 rings (SSSR count). The lowest BCUT2D eigenvalue weighted by atomic mass is 10.2. The lowest BCUT2D eigenvalue weighted by Crippen LogP contribution is -2.42. The van der Waals surface area contributed by atoms with Gasteiger partial charge in [-0.25, -0.2) is 0 Å². The summed E-state index contributed by atoms with van der Waals surface area (Å²) in [7, 11) is 0. The summed E-state index contributed by atoms with van der Waals surface area (Å²) in [5, 5.41) is -0.368. The van der Waals surface area contributed by atoms with Crippen LogP contribution in [0, 0.1) is 0 Å². The van der Waals surface area contributed by atoms with Crippen LogP contribution in [0.1, 0.15) is 33.1 Å². The summed E-state index contributed by atoms with van der Waals surface area (Å²) >= 11 is 5.96. The number of carbonyl (C=O) groups excluding carboxylic acids is 1. The Hall–Kier alpha value is -0.280. The van der Waals surface area contributed by atoms with E-state index in [0.717, 1.165) is 19.4 Å². The molecule has 0 radical (unpaired) electrons. The molecule has 0 aromatic heterocycles. The van der Waals surface area contributed by atoms with Gasteiger partial charge in [-0.1, -0.05) is 6.92 Å². The van der Waals surface area contributed by atoms with E-state index in [2.05, 4.69) is 0 Å². The van der Waals surface area contributed by atoms with E-state index in [1.54, 1.807) is 0 Å². The zero-order chi connectivity index (χ0) is 11.3. The average molecular weight is 234 g/mol. The standard InChI is InChI=1S/C11H20ClNO2/c1-3-10(12)11(14)13-7-5-6-9(13)8-15-4-2/h9-10H,3-8H2,1-2H3. The number of likely N-dealkylation sites (tertiary alicyclic amines) is 1. The molecule has 2 atom stereocenters. The predicted octanol–water partition coefficient (Wildman–Crippen LogP) is 2.03. The normalized spacial score (nSPS) is 23.1. The van der Waals surface area contributed by atoms with Gasteiger partial charge in [0.1, 0.15) is 5.38 Å². The van der Waals surface area contributed by atoms with E-state index in [9.17, 15) is 4.79 Å². The minimum Gasteiger partial charge on any atom is -0.380 e. The van der Waals surface area contributed by atoms with E-state index in [1.807, 2.05) is 18.7 Å². The number of carbonyl (C=O) groups is 1. The fourth-order valence-corrected chi connectivity index (χ4v) is 2.03. The largest absolute Gasteiger partial charge is 0.380 e. The van der Waals surface area contributed by atoms with Gasteiger partial charge in [0.05, 0.1) is 12.6 Å².